The van der Waals surface area contributed by atoms with Gasteiger partial charge >= 0.3 is 0 Å². The van der Waals surface area contributed by atoms with Gasteiger partial charge in [0.25, 0.3) is 0 Å². The highest BCUT2D eigenvalue weighted by Gasteiger charge is 2.35. The Kier molecular flexibility index (Phi) is 5.66. The Bertz CT molecular complexity index is 761. The fraction of sp³-hybridized carbons (Fsp3) is 0.333. The fourth-order valence-corrected chi connectivity index (χ4v) is 3.32. The zero-order valence-electron chi connectivity index (χ0n) is 14.9. The lowest BCUT2D eigenvalue weighted by atomic mass is 10.1. The van der Waals surface area contributed by atoms with E-state index in [1.54, 1.807) is 29.0 Å². The van der Waals surface area contributed by atoms with Gasteiger partial charge in [-0.2, -0.15) is 0 Å². The second-order valence-electron chi connectivity index (χ2n) is 6.80. The number of hydrogen-bond acceptors (Lipinski definition) is 2. The summed E-state index contributed by atoms with van der Waals surface area (Å²) in [6.45, 7) is 1.55. The first-order valence-electron chi connectivity index (χ1n) is 8.84. The summed E-state index contributed by atoms with van der Waals surface area (Å²) in [5, 5.41) is 0. The van der Waals surface area contributed by atoms with Crippen molar-refractivity contribution < 1.29 is 14.0 Å². The van der Waals surface area contributed by atoms with Crippen molar-refractivity contribution in [1.29, 1.82) is 0 Å². The largest absolute Gasteiger partial charge is 0.342 e. The molecule has 2 aromatic rings. The van der Waals surface area contributed by atoms with Crippen LogP contribution in [0.5, 0.6) is 0 Å². The monoisotopic (exact) mass is 354 g/mol. The molecule has 5 heteroatoms. The van der Waals surface area contributed by atoms with Crippen molar-refractivity contribution in [3.8, 4) is 0 Å². The maximum Gasteiger partial charge on any atom is 0.228 e. The molecule has 26 heavy (non-hydrogen) atoms. The minimum absolute atomic E-state index is 0.00600. The Hall–Kier alpha value is -2.69. The maximum absolute atomic E-state index is 13.0. The third-order valence-electron chi connectivity index (χ3n) is 4.79. The lowest BCUT2D eigenvalue weighted by Crippen LogP contribution is -2.34. The topological polar surface area (TPSA) is 40.6 Å². The van der Waals surface area contributed by atoms with Gasteiger partial charge in [-0.3, -0.25) is 9.59 Å². The van der Waals surface area contributed by atoms with Gasteiger partial charge in [0, 0.05) is 33.1 Å². The Morgan fingerprint density at radius 3 is 2.50 bits per heavy atom. The van der Waals surface area contributed by atoms with Crippen LogP contribution in [0.4, 0.5) is 4.39 Å². The average molecular weight is 354 g/mol. The van der Waals surface area contributed by atoms with E-state index in [-0.39, 0.29) is 30.0 Å². The molecule has 0 aromatic heterocycles. The number of hydrogen-bond donors (Lipinski definition) is 0. The molecule has 3 rings (SSSR count). The van der Waals surface area contributed by atoms with Crippen molar-refractivity contribution in [3.05, 3.63) is 71.5 Å². The van der Waals surface area contributed by atoms with Crippen LogP contribution in [0.1, 0.15) is 17.5 Å². The molecule has 1 saturated heterocycles. The molecule has 2 aromatic carbocycles. The van der Waals surface area contributed by atoms with Crippen LogP contribution in [0.15, 0.2) is 54.6 Å². The summed E-state index contributed by atoms with van der Waals surface area (Å²) in [7, 11) is 1.78. The van der Waals surface area contributed by atoms with E-state index >= 15 is 0 Å². The van der Waals surface area contributed by atoms with Crippen LogP contribution in [0.25, 0.3) is 0 Å². The molecule has 1 aliphatic heterocycles. The molecule has 1 atom stereocenters. The zero-order valence-corrected chi connectivity index (χ0v) is 14.9. The second kappa shape index (κ2) is 8.13. The van der Waals surface area contributed by atoms with Crippen LogP contribution < -0.4 is 0 Å². The van der Waals surface area contributed by atoms with Crippen molar-refractivity contribution in [2.45, 2.75) is 19.4 Å². The van der Waals surface area contributed by atoms with Crippen LogP contribution in [0.2, 0.25) is 0 Å². The predicted octanol–water partition coefficient (Wildman–Crippen LogP) is 2.88. The molecular formula is C21H23FN2O2. The Morgan fingerprint density at radius 2 is 1.81 bits per heavy atom. The molecule has 2 amide bonds. The number of benzene rings is 2. The van der Waals surface area contributed by atoms with E-state index in [9.17, 15) is 14.0 Å². The minimum atomic E-state index is -0.288. The van der Waals surface area contributed by atoms with Crippen LogP contribution in [-0.4, -0.2) is 41.8 Å². The van der Waals surface area contributed by atoms with Gasteiger partial charge in [-0.1, -0.05) is 42.5 Å². The number of rotatable bonds is 6. The highest BCUT2D eigenvalue weighted by atomic mass is 19.1. The van der Waals surface area contributed by atoms with E-state index in [1.807, 2.05) is 30.3 Å². The van der Waals surface area contributed by atoms with Gasteiger partial charge in [0.05, 0.1) is 5.92 Å². The van der Waals surface area contributed by atoms with E-state index in [1.165, 1.54) is 12.1 Å². The molecule has 0 N–H and O–H groups in total. The molecule has 0 radical (unpaired) electrons. The molecule has 0 saturated carbocycles. The average Bonchev–Trinajstić information content (AvgIpc) is 3.02. The summed E-state index contributed by atoms with van der Waals surface area (Å²) in [6.07, 6.45) is 0.925. The van der Waals surface area contributed by atoms with Crippen molar-refractivity contribution >= 4 is 11.8 Å². The van der Waals surface area contributed by atoms with E-state index in [0.717, 1.165) is 11.1 Å². The lowest BCUT2D eigenvalue weighted by Gasteiger charge is -2.21. The highest BCUT2D eigenvalue weighted by molar-refractivity contribution is 5.89. The zero-order chi connectivity index (χ0) is 18.5. The summed E-state index contributed by atoms with van der Waals surface area (Å²) in [4.78, 5) is 28.3. The van der Waals surface area contributed by atoms with Crippen LogP contribution in [0, 0.1) is 11.7 Å². The summed E-state index contributed by atoms with van der Waals surface area (Å²) < 4.78 is 13.0. The number of halogens is 1. The SMILES string of the molecule is CN(Cc1ccccc1)C(=O)[C@@H]1CC(=O)N(CCc2ccc(F)cc2)C1. The number of carbonyl (C=O) groups excluding carboxylic acids is 2. The number of amides is 2. The van der Waals surface area contributed by atoms with Crippen LogP contribution in [-0.2, 0) is 22.6 Å². The summed E-state index contributed by atoms with van der Waals surface area (Å²) in [5.41, 5.74) is 2.05. The summed E-state index contributed by atoms with van der Waals surface area (Å²) >= 11 is 0. The van der Waals surface area contributed by atoms with Crippen LogP contribution >= 0.6 is 0 Å². The summed E-state index contributed by atoms with van der Waals surface area (Å²) in [6, 6.07) is 16.1. The molecule has 1 heterocycles. The standard InChI is InChI=1S/C21H23FN2O2/c1-23(14-17-5-3-2-4-6-17)21(26)18-13-20(25)24(15-18)12-11-16-7-9-19(22)10-8-16/h2-10,18H,11-15H2,1H3/t18-/m1/s1. The summed E-state index contributed by atoms with van der Waals surface area (Å²) in [5.74, 6) is -0.535. The lowest BCUT2D eigenvalue weighted by molar-refractivity contribution is -0.135. The third kappa shape index (κ3) is 4.48. The van der Waals surface area contributed by atoms with Gasteiger partial charge < -0.3 is 9.80 Å². The van der Waals surface area contributed by atoms with E-state index in [4.69, 9.17) is 0 Å². The molecule has 4 nitrogen and oxygen atoms in total. The highest BCUT2D eigenvalue weighted by Crippen LogP contribution is 2.21. The van der Waals surface area contributed by atoms with Crippen molar-refractivity contribution in [2.24, 2.45) is 5.92 Å². The Labute approximate surface area is 153 Å². The van der Waals surface area contributed by atoms with Gasteiger partial charge in [0.1, 0.15) is 5.82 Å². The quantitative estimate of drug-likeness (QED) is 0.800. The van der Waals surface area contributed by atoms with E-state index < -0.39 is 0 Å². The Balaban J connectivity index is 1.53. The van der Waals surface area contributed by atoms with Crippen molar-refractivity contribution in [1.82, 2.24) is 9.80 Å². The van der Waals surface area contributed by atoms with Gasteiger partial charge in [0.15, 0.2) is 0 Å². The molecule has 1 aliphatic rings. The van der Waals surface area contributed by atoms with Crippen molar-refractivity contribution in [3.63, 3.8) is 0 Å². The van der Waals surface area contributed by atoms with Gasteiger partial charge in [-0.15, -0.1) is 0 Å². The van der Waals surface area contributed by atoms with Crippen LogP contribution in [0.3, 0.4) is 0 Å². The number of nitrogens with zero attached hydrogens (tertiary/aromatic N) is 2. The molecule has 0 unspecified atom stereocenters. The third-order valence-corrected chi connectivity index (χ3v) is 4.79. The van der Waals surface area contributed by atoms with E-state index in [0.29, 0.717) is 26.1 Å². The Morgan fingerprint density at radius 1 is 1.12 bits per heavy atom. The predicted molar refractivity (Wildman–Crippen MR) is 97.7 cm³/mol. The van der Waals surface area contributed by atoms with Gasteiger partial charge in [-0.25, -0.2) is 4.39 Å². The first-order valence-corrected chi connectivity index (χ1v) is 8.84. The molecule has 0 bridgehead atoms. The maximum atomic E-state index is 13.0. The first-order chi connectivity index (χ1) is 12.5. The molecular weight excluding hydrogens is 331 g/mol. The molecule has 136 valence electrons. The smallest absolute Gasteiger partial charge is 0.228 e. The van der Waals surface area contributed by atoms with E-state index in [2.05, 4.69) is 0 Å². The second-order valence-corrected chi connectivity index (χ2v) is 6.80. The minimum Gasteiger partial charge on any atom is -0.342 e. The number of carbonyl (C=O) groups is 2. The first kappa shape index (κ1) is 18.1. The van der Waals surface area contributed by atoms with Gasteiger partial charge in [0.2, 0.25) is 11.8 Å². The molecule has 0 spiro atoms. The number of likely N-dealkylation sites (tertiary alicyclic amines) is 1. The normalized spacial score (nSPS) is 16.8. The fourth-order valence-electron chi connectivity index (χ4n) is 3.32. The van der Waals surface area contributed by atoms with Gasteiger partial charge in [-0.05, 0) is 29.7 Å². The molecule has 0 aliphatic carbocycles. The molecule has 1 fully saturated rings. The van der Waals surface area contributed by atoms with Crippen molar-refractivity contribution in [2.75, 3.05) is 20.1 Å².